The van der Waals surface area contributed by atoms with Crippen LogP contribution in [-0.4, -0.2) is 43.7 Å². The van der Waals surface area contributed by atoms with Crippen LogP contribution in [0.25, 0.3) is 0 Å². The molecular formula is C13H21N3O2S. The van der Waals surface area contributed by atoms with Crippen LogP contribution >= 0.6 is 11.3 Å². The van der Waals surface area contributed by atoms with Gasteiger partial charge in [0.05, 0.1) is 17.3 Å². The molecule has 106 valence electrons. The summed E-state index contributed by atoms with van der Waals surface area (Å²) in [5.41, 5.74) is 6.36. The minimum absolute atomic E-state index is 0.332. The molecule has 0 atom stereocenters. The number of piperidine rings is 1. The number of anilines is 2. The lowest BCUT2D eigenvalue weighted by Crippen LogP contribution is -2.36. The number of esters is 1. The lowest BCUT2D eigenvalue weighted by molar-refractivity contribution is 0.0533. The van der Waals surface area contributed by atoms with Gasteiger partial charge in [0, 0.05) is 6.04 Å². The van der Waals surface area contributed by atoms with Gasteiger partial charge < -0.3 is 20.7 Å². The minimum atomic E-state index is -0.332. The number of nitrogens with two attached hydrogens (primary N) is 1. The second kappa shape index (κ2) is 6.25. The summed E-state index contributed by atoms with van der Waals surface area (Å²) < 4.78 is 4.98. The number of hydrogen-bond donors (Lipinski definition) is 2. The summed E-state index contributed by atoms with van der Waals surface area (Å²) in [5.74, 6) is -0.332. The molecule has 1 aliphatic rings. The zero-order valence-corrected chi connectivity index (χ0v) is 12.3. The van der Waals surface area contributed by atoms with Gasteiger partial charge in [-0.05, 0) is 46.0 Å². The Morgan fingerprint density at radius 1 is 1.58 bits per heavy atom. The van der Waals surface area contributed by atoms with Gasteiger partial charge in [-0.1, -0.05) is 0 Å². The Morgan fingerprint density at radius 3 is 2.89 bits per heavy atom. The SMILES string of the molecule is CCOC(=O)c1sc(NC2CCN(C)CC2)cc1N. The van der Waals surface area contributed by atoms with Gasteiger partial charge in [0.25, 0.3) is 0 Å². The fourth-order valence-electron chi connectivity index (χ4n) is 2.19. The van der Waals surface area contributed by atoms with Gasteiger partial charge in [-0.2, -0.15) is 0 Å². The van der Waals surface area contributed by atoms with Crippen molar-refractivity contribution in [3.63, 3.8) is 0 Å². The number of hydrogen-bond acceptors (Lipinski definition) is 6. The lowest BCUT2D eigenvalue weighted by atomic mass is 10.1. The third kappa shape index (κ3) is 3.61. The van der Waals surface area contributed by atoms with Crippen molar-refractivity contribution in [2.75, 3.05) is 37.8 Å². The zero-order valence-electron chi connectivity index (χ0n) is 11.4. The van der Waals surface area contributed by atoms with Gasteiger partial charge in [0.2, 0.25) is 0 Å². The number of carbonyl (C=O) groups excluding carboxylic acids is 1. The molecule has 3 N–H and O–H groups in total. The molecule has 0 bridgehead atoms. The van der Waals surface area contributed by atoms with Crippen molar-refractivity contribution in [1.29, 1.82) is 0 Å². The maximum Gasteiger partial charge on any atom is 0.350 e. The molecule has 0 spiro atoms. The highest BCUT2D eigenvalue weighted by atomic mass is 32.1. The molecule has 0 amide bonds. The van der Waals surface area contributed by atoms with E-state index in [1.807, 2.05) is 6.07 Å². The standard InChI is InChI=1S/C13H21N3O2S/c1-3-18-13(17)12-10(14)8-11(19-12)15-9-4-6-16(2)7-5-9/h8-9,15H,3-7,14H2,1-2H3. The van der Waals surface area contributed by atoms with Crippen molar-refractivity contribution in [3.05, 3.63) is 10.9 Å². The van der Waals surface area contributed by atoms with Gasteiger partial charge in [-0.3, -0.25) is 0 Å². The first-order valence-corrected chi connectivity index (χ1v) is 7.43. The van der Waals surface area contributed by atoms with Crippen LogP contribution < -0.4 is 11.1 Å². The Balaban J connectivity index is 1.98. The number of thiophene rings is 1. The maximum atomic E-state index is 11.7. The molecule has 1 aromatic rings. The van der Waals surface area contributed by atoms with Crippen molar-refractivity contribution in [3.8, 4) is 0 Å². The first-order chi connectivity index (χ1) is 9.10. The topological polar surface area (TPSA) is 67.6 Å². The van der Waals surface area contributed by atoms with Crippen LogP contribution in [0.3, 0.4) is 0 Å². The fourth-order valence-corrected chi connectivity index (χ4v) is 3.14. The van der Waals surface area contributed by atoms with E-state index in [2.05, 4.69) is 17.3 Å². The number of nitrogens with zero attached hydrogens (tertiary/aromatic N) is 1. The van der Waals surface area contributed by atoms with Crippen LogP contribution in [0.5, 0.6) is 0 Å². The third-order valence-corrected chi connectivity index (χ3v) is 4.35. The van der Waals surface area contributed by atoms with E-state index >= 15 is 0 Å². The molecule has 0 saturated carbocycles. The normalized spacial score (nSPS) is 17.4. The predicted molar refractivity (Wildman–Crippen MR) is 78.8 cm³/mol. The summed E-state index contributed by atoms with van der Waals surface area (Å²) in [5, 5.41) is 4.42. The molecule has 19 heavy (non-hydrogen) atoms. The van der Waals surface area contributed by atoms with Crippen molar-refractivity contribution in [2.24, 2.45) is 0 Å². The molecule has 1 fully saturated rings. The van der Waals surface area contributed by atoms with E-state index in [1.165, 1.54) is 11.3 Å². The second-order valence-electron chi connectivity index (χ2n) is 4.84. The summed E-state index contributed by atoms with van der Waals surface area (Å²) in [6.45, 7) is 4.36. The highest BCUT2D eigenvalue weighted by Gasteiger charge is 2.20. The third-order valence-electron chi connectivity index (χ3n) is 3.29. The highest BCUT2D eigenvalue weighted by molar-refractivity contribution is 7.18. The van der Waals surface area contributed by atoms with Crippen LogP contribution in [0.1, 0.15) is 29.4 Å². The number of rotatable bonds is 4. The number of nitrogens with one attached hydrogen (secondary N) is 1. The fraction of sp³-hybridized carbons (Fsp3) is 0.615. The van der Waals surface area contributed by atoms with Crippen LogP contribution in [0.4, 0.5) is 10.7 Å². The Bertz CT molecular complexity index is 439. The van der Waals surface area contributed by atoms with Crippen LogP contribution in [0.2, 0.25) is 0 Å². The van der Waals surface area contributed by atoms with Gasteiger partial charge in [0.1, 0.15) is 4.88 Å². The first kappa shape index (κ1) is 14.1. The largest absolute Gasteiger partial charge is 0.462 e. The number of likely N-dealkylation sites (tertiary alicyclic amines) is 1. The predicted octanol–water partition coefficient (Wildman–Crippen LogP) is 2.01. The Kier molecular flexibility index (Phi) is 4.66. The summed E-state index contributed by atoms with van der Waals surface area (Å²) in [4.78, 5) is 14.5. The van der Waals surface area contributed by atoms with Crippen LogP contribution in [0.15, 0.2) is 6.07 Å². The van der Waals surface area contributed by atoms with Crippen molar-refractivity contribution >= 4 is 28.0 Å². The molecule has 6 heteroatoms. The molecule has 0 aliphatic carbocycles. The maximum absolute atomic E-state index is 11.7. The molecule has 2 rings (SSSR count). The lowest BCUT2D eigenvalue weighted by Gasteiger charge is -2.29. The number of ether oxygens (including phenoxy) is 1. The molecule has 0 aromatic carbocycles. The second-order valence-corrected chi connectivity index (χ2v) is 5.89. The van der Waals surface area contributed by atoms with Crippen molar-refractivity contribution in [1.82, 2.24) is 4.90 Å². The average Bonchev–Trinajstić information content (AvgIpc) is 2.74. The number of carbonyl (C=O) groups is 1. The van der Waals surface area contributed by atoms with Gasteiger partial charge in [0.15, 0.2) is 0 Å². The molecule has 5 nitrogen and oxygen atoms in total. The van der Waals surface area contributed by atoms with E-state index in [4.69, 9.17) is 10.5 Å². The number of nitrogen functional groups attached to an aromatic ring is 1. The first-order valence-electron chi connectivity index (χ1n) is 6.61. The summed E-state index contributed by atoms with van der Waals surface area (Å²) >= 11 is 1.38. The summed E-state index contributed by atoms with van der Waals surface area (Å²) in [6.07, 6.45) is 2.23. The van der Waals surface area contributed by atoms with E-state index in [-0.39, 0.29) is 5.97 Å². The van der Waals surface area contributed by atoms with Gasteiger partial charge >= 0.3 is 5.97 Å². The Hall–Kier alpha value is -1.27. The van der Waals surface area contributed by atoms with Crippen LogP contribution in [0, 0.1) is 0 Å². The molecular weight excluding hydrogens is 262 g/mol. The monoisotopic (exact) mass is 283 g/mol. The van der Waals surface area contributed by atoms with E-state index in [9.17, 15) is 4.79 Å². The van der Waals surface area contributed by atoms with E-state index < -0.39 is 0 Å². The molecule has 0 unspecified atom stereocenters. The quantitative estimate of drug-likeness (QED) is 0.827. The average molecular weight is 283 g/mol. The zero-order chi connectivity index (χ0) is 13.8. The Labute approximate surface area is 117 Å². The van der Waals surface area contributed by atoms with E-state index in [0.29, 0.717) is 23.2 Å². The molecule has 1 saturated heterocycles. The summed E-state index contributed by atoms with van der Waals surface area (Å²) in [6, 6.07) is 2.29. The molecule has 1 aromatic heterocycles. The van der Waals surface area contributed by atoms with Gasteiger partial charge in [-0.25, -0.2) is 4.79 Å². The molecule has 2 heterocycles. The van der Waals surface area contributed by atoms with Crippen LogP contribution in [-0.2, 0) is 4.74 Å². The van der Waals surface area contributed by atoms with Crippen molar-refractivity contribution < 1.29 is 9.53 Å². The van der Waals surface area contributed by atoms with E-state index in [1.54, 1.807) is 6.92 Å². The van der Waals surface area contributed by atoms with E-state index in [0.717, 1.165) is 30.9 Å². The smallest absolute Gasteiger partial charge is 0.350 e. The summed E-state index contributed by atoms with van der Waals surface area (Å²) in [7, 11) is 2.14. The molecule has 1 aliphatic heterocycles. The minimum Gasteiger partial charge on any atom is -0.462 e. The highest BCUT2D eigenvalue weighted by Crippen LogP contribution is 2.31. The van der Waals surface area contributed by atoms with Gasteiger partial charge in [-0.15, -0.1) is 11.3 Å². The molecule has 0 radical (unpaired) electrons. The Morgan fingerprint density at radius 2 is 2.26 bits per heavy atom. The van der Waals surface area contributed by atoms with Crippen molar-refractivity contribution in [2.45, 2.75) is 25.8 Å².